The van der Waals surface area contributed by atoms with E-state index in [-0.39, 0.29) is 6.10 Å². The molecule has 0 aliphatic carbocycles. The van der Waals surface area contributed by atoms with Gasteiger partial charge in [0.2, 0.25) is 0 Å². The molecule has 0 aliphatic rings. The average Bonchev–Trinajstić information content (AvgIpc) is 2.49. The molecular formula is C11H11OS. The highest BCUT2D eigenvalue weighted by Gasteiger charge is 2.00. The summed E-state index contributed by atoms with van der Waals surface area (Å²) in [5, 5.41) is 4.34. The number of hydrogen-bond acceptors (Lipinski definition) is 2. The zero-order valence-electron chi connectivity index (χ0n) is 7.70. The van der Waals surface area contributed by atoms with Gasteiger partial charge in [-0.3, -0.25) is 0 Å². The minimum Gasteiger partial charge on any atom is -0.491 e. The van der Waals surface area contributed by atoms with Crippen LogP contribution in [0.3, 0.4) is 0 Å². The Kier molecular flexibility index (Phi) is 2.23. The van der Waals surface area contributed by atoms with Gasteiger partial charge in [0.05, 0.1) is 6.10 Å². The van der Waals surface area contributed by atoms with E-state index in [0.717, 1.165) is 5.75 Å². The molecule has 13 heavy (non-hydrogen) atoms. The van der Waals surface area contributed by atoms with E-state index in [0.29, 0.717) is 0 Å². The van der Waals surface area contributed by atoms with Crippen molar-refractivity contribution in [2.24, 2.45) is 0 Å². The van der Waals surface area contributed by atoms with Crippen LogP contribution in [0.25, 0.3) is 10.1 Å². The second kappa shape index (κ2) is 3.38. The first-order valence-electron chi connectivity index (χ1n) is 4.32. The van der Waals surface area contributed by atoms with Gasteiger partial charge < -0.3 is 4.74 Å². The quantitative estimate of drug-likeness (QED) is 0.706. The van der Waals surface area contributed by atoms with Crippen LogP contribution in [0.2, 0.25) is 0 Å². The molecule has 1 heterocycles. The second-order valence-corrected chi connectivity index (χ2v) is 4.11. The van der Waals surface area contributed by atoms with Gasteiger partial charge in [-0.2, -0.15) is 0 Å². The molecule has 1 radical (unpaired) electrons. The molecule has 0 bridgehead atoms. The van der Waals surface area contributed by atoms with E-state index < -0.39 is 0 Å². The van der Waals surface area contributed by atoms with Crippen LogP contribution in [0.5, 0.6) is 5.75 Å². The summed E-state index contributed by atoms with van der Waals surface area (Å²) < 4.78 is 6.82. The lowest BCUT2D eigenvalue weighted by molar-refractivity contribution is 0.243. The van der Waals surface area contributed by atoms with Crippen LogP contribution in [0.15, 0.2) is 24.3 Å². The SMILES string of the molecule is CC(C)Oc1ccc2c[c]sc2c1. The summed E-state index contributed by atoms with van der Waals surface area (Å²) in [6.45, 7) is 4.06. The van der Waals surface area contributed by atoms with Gasteiger partial charge in [-0.25, -0.2) is 0 Å². The van der Waals surface area contributed by atoms with E-state index in [4.69, 9.17) is 4.74 Å². The number of ether oxygens (including phenoxy) is 1. The lowest BCUT2D eigenvalue weighted by Gasteiger charge is -2.08. The van der Waals surface area contributed by atoms with Crippen molar-refractivity contribution in [3.05, 3.63) is 29.6 Å². The maximum atomic E-state index is 5.58. The third-order valence-electron chi connectivity index (χ3n) is 1.74. The number of thiophene rings is 1. The number of rotatable bonds is 2. The smallest absolute Gasteiger partial charge is 0.121 e. The summed E-state index contributed by atoms with van der Waals surface area (Å²) >= 11 is 1.62. The van der Waals surface area contributed by atoms with E-state index in [1.54, 1.807) is 11.3 Å². The third kappa shape index (κ3) is 1.83. The molecule has 0 N–H and O–H groups in total. The van der Waals surface area contributed by atoms with Crippen molar-refractivity contribution in [2.75, 3.05) is 0 Å². The van der Waals surface area contributed by atoms with Gasteiger partial charge in [-0.15, -0.1) is 11.3 Å². The Bertz CT molecular complexity index is 403. The van der Waals surface area contributed by atoms with Crippen LogP contribution >= 0.6 is 11.3 Å². The predicted molar refractivity (Wildman–Crippen MR) is 56.4 cm³/mol. The van der Waals surface area contributed by atoms with Gasteiger partial charge >= 0.3 is 0 Å². The zero-order chi connectivity index (χ0) is 9.26. The lowest BCUT2D eigenvalue weighted by atomic mass is 10.2. The summed E-state index contributed by atoms with van der Waals surface area (Å²) in [5.74, 6) is 0.943. The van der Waals surface area contributed by atoms with E-state index >= 15 is 0 Å². The molecule has 0 aliphatic heterocycles. The van der Waals surface area contributed by atoms with E-state index in [2.05, 4.69) is 17.5 Å². The van der Waals surface area contributed by atoms with Gasteiger partial charge in [0, 0.05) is 10.1 Å². The van der Waals surface area contributed by atoms with Gasteiger partial charge in [0.25, 0.3) is 0 Å². The van der Waals surface area contributed by atoms with Crippen molar-refractivity contribution in [3.8, 4) is 5.75 Å². The molecule has 0 atom stereocenters. The standard InChI is InChI=1S/C11H11OS/c1-8(2)12-10-4-3-9-5-6-13-11(9)7-10/h3-5,7-8H,1-2H3. The highest BCUT2D eigenvalue weighted by atomic mass is 32.1. The van der Waals surface area contributed by atoms with Crippen LogP contribution in [-0.2, 0) is 0 Å². The maximum Gasteiger partial charge on any atom is 0.121 e. The Balaban J connectivity index is 2.37. The first-order valence-corrected chi connectivity index (χ1v) is 5.13. The Hall–Kier alpha value is -1.02. The summed E-state index contributed by atoms with van der Waals surface area (Å²) in [4.78, 5) is 0. The number of fused-ring (bicyclic) bond motifs is 1. The van der Waals surface area contributed by atoms with Crippen LogP contribution in [-0.4, -0.2) is 6.10 Å². The fourth-order valence-corrected chi connectivity index (χ4v) is 1.96. The molecule has 0 spiro atoms. The first-order chi connectivity index (χ1) is 6.25. The summed E-state index contributed by atoms with van der Waals surface area (Å²) in [7, 11) is 0. The fraction of sp³-hybridized carbons (Fsp3) is 0.273. The van der Waals surface area contributed by atoms with Crippen molar-refractivity contribution in [1.29, 1.82) is 0 Å². The molecule has 2 aromatic rings. The highest BCUT2D eigenvalue weighted by molar-refractivity contribution is 7.16. The van der Waals surface area contributed by atoms with Crippen LogP contribution in [0, 0.1) is 5.38 Å². The van der Waals surface area contributed by atoms with Crippen LogP contribution in [0.1, 0.15) is 13.8 Å². The van der Waals surface area contributed by atoms with Gasteiger partial charge in [0.1, 0.15) is 5.75 Å². The Morgan fingerprint density at radius 1 is 1.38 bits per heavy atom. The first kappa shape index (κ1) is 8.57. The average molecular weight is 191 g/mol. The molecule has 0 amide bonds. The number of benzene rings is 1. The largest absolute Gasteiger partial charge is 0.491 e. The fourth-order valence-electron chi connectivity index (χ4n) is 1.22. The van der Waals surface area contributed by atoms with Crippen LogP contribution in [0.4, 0.5) is 0 Å². The minimum atomic E-state index is 0.237. The maximum absolute atomic E-state index is 5.58. The monoisotopic (exact) mass is 191 g/mol. The van der Waals surface area contributed by atoms with Gasteiger partial charge in [-0.05, 0) is 43.5 Å². The lowest BCUT2D eigenvalue weighted by Crippen LogP contribution is -2.04. The molecule has 1 nitrogen and oxygen atoms in total. The topological polar surface area (TPSA) is 9.23 Å². The second-order valence-electron chi connectivity index (χ2n) is 3.23. The summed E-state index contributed by atoms with van der Waals surface area (Å²) in [6, 6.07) is 8.14. The molecule has 67 valence electrons. The summed E-state index contributed by atoms with van der Waals surface area (Å²) in [5.41, 5.74) is 0. The Morgan fingerprint density at radius 3 is 3.00 bits per heavy atom. The van der Waals surface area contributed by atoms with Crippen LogP contribution < -0.4 is 4.74 Å². The normalized spacial score (nSPS) is 11.0. The van der Waals surface area contributed by atoms with Crippen molar-refractivity contribution in [1.82, 2.24) is 0 Å². The molecular weight excluding hydrogens is 180 g/mol. The van der Waals surface area contributed by atoms with E-state index in [1.807, 2.05) is 26.0 Å². The molecule has 0 saturated carbocycles. The molecule has 0 fully saturated rings. The molecule has 2 heteroatoms. The van der Waals surface area contributed by atoms with E-state index in [9.17, 15) is 0 Å². The Labute approximate surface area is 82.0 Å². The minimum absolute atomic E-state index is 0.237. The molecule has 0 saturated heterocycles. The predicted octanol–water partition coefficient (Wildman–Crippen LogP) is 3.49. The Morgan fingerprint density at radius 2 is 2.23 bits per heavy atom. The van der Waals surface area contributed by atoms with Gasteiger partial charge in [0.15, 0.2) is 0 Å². The third-order valence-corrected chi connectivity index (χ3v) is 2.55. The zero-order valence-corrected chi connectivity index (χ0v) is 8.52. The molecule has 0 unspecified atom stereocenters. The van der Waals surface area contributed by atoms with Crippen molar-refractivity contribution in [3.63, 3.8) is 0 Å². The number of hydrogen-bond donors (Lipinski definition) is 0. The molecule has 1 aromatic heterocycles. The van der Waals surface area contributed by atoms with E-state index in [1.165, 1.54) is 10.1 Å². The highest BCUT2D eigenvalue weighted by Crippen LogP contribution is 2.25. The van der Waals surface area contributed by atoms with Crippen molar-refractivity contribution in [2.45, 2.75) is 20.0 Å². The molecule has 2 rings (SSSR count). The summed E-state index contributed by atoms with van der Waals surface area (Å²) in [6.07, 6.45) is 0.237. The molecule has 1 aromatic carbocycles. The van der Waals surface area contributed by atoms with Crippen molar-refractivity contribution < 1.29 is 4.74 Å². The van der Waals surface area contributed by atoms with Crippen molar-refractivity contribution >= 4 is 21.4 Å². The van der Waals surface area contributed by atoms with Gasteiger partial charge in [-0.1, -0.05) is 0 Å².